The van der Waals surface area contributed by atoms with Crippen LogP contribution >= 0.6 is 11.6 Å². The normalized spacial score (nSPS) is 16.9. The van der Waals surface area contributed by atoms with E-state index in [1.54, 1.807) is 4.90 Å². The summed E-state index contributed by atoms with van der Waals surface area (Å²) in [5, 5.41) is -0.157. The Bertz CT molecular complexity index is 388. The molecule has 0 atom stereocenters. The number of aromatic nitrogens is 2. The lowest BCUT2D eigenvalue weighted by Gasteiger charge is -2.20. The molecule has 1 saturated heterocycles. The van der Waals surface area contributed by atoms with E-state index in [1.807, 2.05) is 0 Å². The van der Waals surface area contributed by atoms with Gasteiger partial charge in [0, 0.05) is 19.3 Å². The van der Waals surface area contributed by atoms with Gasteiger partial charge in [0.1, 0.15) is 11.4 Å². The maximum absolute atomic E-state index is 12.7. The van der Waals surface area contributed by atoms with Crippen LogP contribution in [0.15, 0.2) is 6.20 Å². The Morgan fingerprint density at radius 1 is 1.25 bits per heavy atom. The Morgan fingerprint density at radius 3 is 2.44 bits per heavy atom. The minimum Gasteiger partial charge on any atom is -0.356 e. The third-order valence-corrected chi connectivity index (χ3v) is 2.63. The first-order valence-corrected chi connectivity index (χ1v) is 5.21. The van der Waals surface area contributed by atoms with Gasteiger partial charge in [0.2, 0.25) is 5.28 Å². The van der Waals surface area contributed by atoms with Crippen molar-refractivity contribution in [3.63, 3.8) is 0 Å². The van der Waals surface area contributed by atoms with Crippen molar-refractivity contribution in [3.05, 3.63) is 17.0 Å². The van der Waals surface area contributed by atoms with Crippen molar-refractivity contribution in [2.45, 2.75) is 19.0 Å². The molecular formula is C9H9ClF3N3. The van der Waals surface area contributed by atoms with E-state index < -0.39 is 11.7 Å². The van der Waals surface area contributed by atoms with Gasteiger partial charge in [0.15, 0.2) is 0 Å². The molecule has 1 fully saturated rings. The molecule has 88 valence electrons. The van der Waals surface area contributed by atoms with Gasteiger partial charge < -0.3 is 4.90 Å². The molecule has 0 aliphatic carbocycles. The van der Waals surface area contributed by atoms with Crippen LogP contribution in [0.1, 0.15) is 18.4 Å². The Kier molecular flexibility index (Phi) is 2.92. The highest BCUT2D eigenvalue weighted by atomic mass is 35.5. The first-order valence-electron chi connectivity index (χ1n) is 4.83. The number of alkyl halides is 3. The number of nitrogens with zero attached hydrogens (tertiary/aromatic N) is 3. The highest BCUT2D eigenvalue weighted by Crippen LogP contribution is 2.36. The minimum absolute atomic E-state index is 0.106. The van der Waals surface area contributed by atoms with Crippen molar-refractivity contribution in [1.29, 1.82) is 0 Å². The fourth-order valence-corrected chi connectivity index (χ4v) is 1.85. The highest BCUT2D eigenvalue weighted by Gasteiger charge is 2.37. The molecule has 0 aromatic carbocycles. The van der Waals surface area contributed by atoms with Gasteiger partial charge in [-0.25, -0.2) is 4.98 Å². The van der Waals surface area contributed by atoms with Crippen molar-refractivity contribution in [2.75, 3.05) is 18.0 Å². The molecule has 0 unspecified atom stereocenters. The number of hydrogen-bond donors (Lipinski definition) is 0. The van der Waals surface area contributed by atoms with Crippen molar-refractivity contribution in [2.24, 2.45) is 0 Å². The third-order valence-electron chi connectivity index (χ3n) is 2.45. The van der Waals surface area contributed by atoms with E-state index in [2.05, 4.69) is 9.97 Å². The molecule has 0 amide bonds. The van der Waals surface area contributed by atoms with Crippen LogP contribution in [0.3, 0.4) is 0 Å². The SMILES string of the molecule is FC(F)(F)c1cnc(Cl)nc1N1CCCC1. The Balaban J connectivity index is 2.43. The molecule has 0 radical (unpaired) electrons. The van der Waals surface area contributed by atoms with E-state index in [0.717, 1.165) is 19.0 Å². The quantitative estimate of drug-likeness (QED) is 0.719. The number of halogens is 4. The number of rotatable bonds is 1. The van der Waals surface area contributed by atoms with Crippen molar-refractivity contribution < 1.29 is 13.2 Å². The average molecular weight is 252 g/mol. The lowest BCUT2D eigenvalue weighted by atomic mass is 10.3. The van der Waals surface area contributed by atoms with Gasteiger partial charge in [-0.2, -0.15) is 18.2 Å². The van der Waals surface area contributed by atoms with E-state index in [1.165, 1.54) is 0 Å². The first-order chi connectivity index (χ1) is 7.48. The molecule has 3 nitrogen and oxygen atoms in total. The molecule has 1 aromatic heterocycles. The van der Waals surface area contributed by atoms with Gasteiger partial charge in [0.05, 0.1) is 0 Å². The lowest BCUT2D eigenvalue weighted by molar-refractivity contribution is -0.137. The first kappa shape index (κ1) is 11.4. The second-order valence-electron chi connectivity index (χ2n) is 3.57. The summed E-state index contributed by atoms with van der Waals surface area (Å²) in [5.74, 6) is -0.106. The molecule has 0 N–H and O–H groups in total. The number of hydrogen-bond acceptors (Lipinski definition) is 3. The summed E-state index contributed by atoms with van der Waals surface area (Å²) in [4.78, 5) is 8.66. The minimum atomic E-state index is -4.44. The monoisotopic (exact) mass is 251 g/mol. The van der Waals surface area contributed by atoms with Crippen LogP contribution in [-0.2, 0) is 6.18 Å². The molecular weight excluding hydrogens is 243 g/mol. The summed E-state index contributed by atoms with van der Waals surface area (Å²) < 4.78 is 38.1. The summed E-state index contributed by atoms with van der Waals surface area (Å²) in [6.07, 6.45) is -1.96. The summed E-state index contributed by atoms with van der Waals surface area (Å²) in [6.45, 7) is 1.16. The third kappa shape index (κ3) is 2.21. The van der Waals surface area contributed by atoms with Crippen LogP contribution < -0.4 is 4.90 Å². The Morgan fingerprint density at radius 2 is 1.88 bits per heavy atom. The van der Waals surface area contributed by atoms with Gasteiger partial charge in [-0.1, -0.05) is 0 Å². The van der Waals surface area contributed by atoms with Crippen molar-refractivity contribution >= 4 is 17.4 Å². The molecule has 2 rings (SSSR count). The van der Waals surface area contributed by atoms with Crippen molar-refractivity contribution in [3.8, 4) is 0 Å². The molecule has 7 heteroatoms. The van der Waals surface area contributed by atoms with E-state index >= 15 is 0 Å². The molecule has 0 spiro atoms. The van der Waals surface area contributed by atoms with Crippen LogP contribution in [0, 0.1) is 0 Å². The second-order valence-corrected chi connectivity index (χ2v) is 3.91. The van der Waals surface area contributed by atoms with Crippen LogP contribution in [0.25, 0.3) is 0 Å². The Hall–Kier alpha value is -1.04. The fraction of sp³-hybridized carbons (Fsp3) is 0.556. The number of anilines is 1. The summed E-state index contributed by atoms with van der Waals surface area (Å²) in [6, 6.07) is 0. The van der Waals surface area contributed by atoms with E-state index in [-0.39, 0.29) is 11.1 Å². The molecule has 16 heavy (non-hydrogen) atoms. The zero-order valence-electron chi connectivity index (χ0n) is 8.26. The fourth-order valence-electron chi connectivity index (χ4n) is 1.72. The van der Waals surface area contributed by atoms with Gasteiger partial charge in [-0.05, 0) is 24.4 Å². The van der Waals surface area contributed by atoms with Gasteiger partial charge >= 0.3 is 6.18 Å². The zero-order chi connectivity index (χ0) is 11.8. The maximum atomic E-state index is 12.7. The maximum Gasteiger partial charge on any atom is 0.421 e. The highest BCUT2D eigenvalue weighted by molar-refractivity contribution is 6.28. The molecule has 1 aliphatic heterocycles. The van der Waals surface area contributed by atoms with Crippen LogP contribution in [0.4, 0.5) is 19.0 Å². The zero-order valence-corrected chi connectivity index (χ0v) is 9.02. The Labute approximate surface area is 95.2 Å². The predicted octanol–water partition coefficient (Wildman–Crippen LogP) is 2.75. The predicted molar refractivity (Wildman–Crippen MR) is 53.5 cm³/mol. The lowest BCUT2D eigenvalue weighted by Crippen LogP contribution is -2.23. The molecule has 0 bridgehead atoms. The summed E-state index contributed by atoms with van der Waals surface area (Å²) in [5.41, 5.74) is -0.821. The smallest absolute Gasteiger partial charge is 0.356 e. The van der Waals surface area contributed by atoms with E-state index in [4.69, 9.17) is 11.6 Å². The van der Waals surface area contributed by atoms with Gasteiger partial charge in [0.25, 0.3) is 0 Å². The van der Waals surface area contributed by atoms with E-state index in [9.17, 15) is 13.2 Å². The van der Waals surface area contributed by atoms with Crippen LogP contribution in [0.2, 0.25) is 5.28 Å². The largest absolute Gasteiger partial charge is 0.421 e. The van der Waals surface area contributed by atoms with Crippen molar-refractivity contribution in [1.82, 2.24) is 9.97 Å². The van der Waals surface area contributed by atoms with Gasteiger partial charge in [-0.3, -0.25) is 0 Å². The molecule has 0 saturated carbocycles. The standard InChI is InChI=1S/C9H9ClF3N3/c10-8-14-5-6(9(11,12)13)7(15-8)16-3-1-2-4-16/h5H,1-4H2. The molecule has 2 heterocycles. The molecule has 1 aromatic rings. The van der Waals surface area contributed by atoms with Crippen LogP contribution in [-0.4, -0.2) is 23.1 Å². The average Bonchev–Trinajstić information content (AvgIpc) is 2.68. The summed E-state index contributed by atoms with van der Waals surface area (Å²) in [7, 11) is 0. The molecule has 1 aliphatic rings. The van der Waals surface area contributed by atoms with Crippen LogP contribution in [0.5, 0.6) is 0 Å². The second kappa shape index (κ2) is 4.08. The van der Waals surface area contributed by atoms with Gasteiger partial charge in [-0.15, -0.1) is 0 Å². The van der Waals surface area contributed by atoms with E-state index in [0.29, 0.717) is 13.1 Å². The summed E-state index contributed by atoms with van der Waals surface area (Å²) >= 11 is 5.53. The topological polar surface area (TPSA) is 29.0 Å².